The van der Waals surface area contributed by atoms with Gasteiger partial charge in [-0.3, -0.25) is 4.79 Å². The Morgan fingerprint density at radius 3 is 2.76 bits per heavy atom. The first-order chi connectivity index (χ1) is 8.20. The molecule has 17 heavy (non-hydrogen) atoms. The zero-order valence-electron chi connectivity index (χ0n) is 9.57. The predicted molar refractivity (Wildman–Crippen MR) is 61.3 cm³/mol. The lowest BCUT2D eigenvalue weighted by atomic mass is 10.1. The van der Waals surface area contributed by atoms with Gasteiger partial charge in [-0.1, -0.05) is 0 Å². The van der Waals surface area contributed by atoms with E-state index in [0.29, 0.717) is 12.1 Å². The average molecular weight is 238 g/mol. The highest BCUT2D eigenvalue weighted by Crippen LogP contribution is 2.07. The molecule has 1 fully saturated rings. The Labute approximate surface area is 99.2 Å². The number of nitrogens with one attached hydrogen (secondary N) is 2. The molecule has 0 aliphatic carbocycles. The van der Waals surface area contributed by atoms with Crippen LogP contribution in [0.15, 0.2) is 24.3 Å². The summed E-state index contributed by atoms with van der Waals surface area (Å²) in [6, 6.07) is 5.44. The molecule has 1 aromatic rings. The third-order valence-electron chi connectivity index (χ3n) is 2.88. The van der Waals surface area contributed by atoms with Crippen molar-refractivity contribution in [2.24, 2.45) is 0 Å². The molecule has 2 rings (SSSR count). The third-order valence-corrected chi connectivity index (χ3v) is 2.88. The quantitative estimate of drug-likeness (QED) is 0.808. The smallest absolute Gasteiger partial charge is 0.251 e. The van der Waals surface area contributed by atoms with E-state index in [2.05, 4.69) is 10.6 Å². The third kappa shape index (κ3) is 2.81. The second kappa shape index (κ2) is 5.25. The fourth-order valence-corrected chi connectivity index (χ4v) is 1.90. The molecule has 1 saturated heterocycles. The number of hydrogen-bond acceptors (Lipinski definition) is 3. The Kier molecular flexibility index (Phi) is 3.71. The number of carbonyl (C=O) groups is 1. The van der Waals surface area contributed by atoms with Gasteiger partial charge in [0.25, 0.3) is 5.91 Å². The Hall–Kier alpha value is -1.46. The van der Waals surface area contributed by atoms with E-state index >= 15 is 0 Å². The Morgan fingerprint density at radius 1 is 1.41 bits per heavy atom. The summed E-state index contributed by atoms with van der Waals surface area (Å²) in [6.07, 6.45) is -0.0144. The summed E-state index contributed by atoms with van der Waals surface area (Å²) in [5, 5.41) is 6.01. The molecule has 0 spiro atoms. The largest absolute Gasteiger partial charge is 0.378 e. The van der Waals surface area contributed by atoms with Crippen LogP contribution in [0.3, 0.4) is 0 Å². The van der Waals surface area contributed by atoms with Crippen molar-refractivity contribution >= 4 is 5.91 Å². The molecule has 1 unspecified atom stereocenters. The number of carbonyl (C=O) groups excluding carboxylic acids is 1. The molecule has 2 atom stereocenters. The summed E-state index contributed by atoms with van der Waals surface area (Å²) in [6.45, 7) is 1.41. The highest BCUT2D eigenvalue weighted by atomic mass is 19.1. The molecule has 1 heterocycles. The predicted octanol–water partition coefficient (Wildman–Crippen LogP) is 0.542. The van der Waals surface area contributed by atoms with Crippen LogP contribution in [0.25, 0.3) is 0 Å². The summed E-state index contributed by atoms with van der Waals surface area (Å²) in [7, 11) is 1.62. The minimum absolute atomic E-state index is 0.0144. The fraction of sp³-hybridized carbons (Fsp3) is 0.417. The van der Waals surface area contributed by atoms with Crippen molar-refractivity contribution in [3.63, 3.8) is 0 Å². The van der Waals surface area contributed by atoms with Crippen LogP contribution in [-0.2, 0) is 4.74 Å². The SMILES string of the molecule is CO[C@@H]1CNCC1NC(=O)c1ccc(F)cc1. The van der Waals surface area contributed by atoms with E-state index in [1.54, 1.807) is 7.11 Å². The van der Waals surface area contributed by atoms with E-state index in [4.69, 9.17) is 4.74 Å². The van der Waals surface area contributed by atoms with E-state index < -0.39 is 0 Å². The van der Waals surface area contributed by atoms with Crippen LogP contribution < -0.4 is 10.6 Å². The van der Waals surface area contributed by atoms with Gasteiger partial charge in [0, 0.05) is 25.8 Å². The van der Waals surface area contributed by atoms with Gasteiger partial charge in [0.1, 0.15) is 5.82 Å². The summed E-state index contributed by atoms with van der Waals surface area (Å²) in [5.74, 6) is -0.556. The van der Waals surface area contributed by atoms with Crippen molar-refractivity contribution in [2.75, 3.05) is 20.2 Å². The van der Waals surface area contributed by atoms with Crippen LogP contribution in [0.1, 0.15) is 10.4 Å². The lowest BCUT2D eigenvalue weighted by molar-refractivity contribution is 0.0780. The summed E-state index contributed by atoms with van der Waals surface area (Å²) < 4.78 is 18.0. The number of hydrogen-bond donors (Lipinski definition) is 2. The first kappa shape index (κ1) is 12.0. The van der Waals surface area contributed by atoms with Crippen molar-refractivity contribution in [3.05, 3.63) is 35.6 Å². The molecule has 1 aliphatic heterocycles. The van der Waals surface area contributed by atoms with Crippen LogP contribution >= 0.6 is 0 Å². The monoisotopic (exact) mass is 238 g/mol. The van der Waals surface area contributed by atoms with Crippen LogP contribution in [0.5, 0.6) is 0 Å². The first-order valence-corrected chi connectivity index (χ1v) is 5.50. The van der Waals surface area contributed by atoms with Gasteiger partial charge in [-0.15, -0.1) is 0 Å². The average Bonchev–Trinajstić information content (AvgIpc) is 2.77. The molecule has 92 valence electrons. The molecule has 1 aromatic carbocycles. The van der Waals surface area contributed by atoms with Gasteiger partial charge in [0.2, 0.25) is 0 Å². The minimum Gasteiger partial charge on any atom is -0.378 e. The van der Waals surface area contributed by atoms with Crippen molar-refractivity contribution in [2.45, 2.75) is 12.1 Å². The van der Waals surface area contributed by atoms with Gasteiger partial charge in [0.05, 0.1) is 12.1 Å². The molecule has 0 radical (unpaired) electrons. The highest BCUT2D eigenvalue weighted by Gasteiger charge is 2.28. The van der Waals surface area contributed by atoms with Crippen LogP contribution in [0.4, 0.5) is 4.39 Å². The maximum Gasteiger partial charge on any atom is 0.251 e. The van der Waals surface area contributed by atoms with Crippen LogP contribution in [-0.4, -0.2) is 38.3 Å². The number of halogens is 1. The fourth-order valence-electron chi connectivity index (χ4n) is 1.90. The standard InChI is InChI=1S/C12H15FN2O2/c1-17-11-7-14-6-10(11)15-12(16)8-2-4-9(13)5-3-8/h2-5,10-11,14H,6-7H2,1H3,(H,15,16)/t10?,11-/m1/s1. The number of benzene rings is 1. The molecular weight excluding hydrogens is 223 g/mol. The van der Waals surface area contributed by atoms with E-state index in [1.807, 2.05) is 0 Å². The lowest BCUT2D eigenvalue weighted by Gasteiger charge is -2.18. The van der Waals surface area contributed by atoms with Crippen molar-refractivity contribution < 1.29 is 13.9 Å². The topological polar surface area (TPSA) is 50.4 Å². The molecule has 0 bridgehead atoms. The number of ether oxygens (including phenoxy) is 1. The molecule has 5 heteroatoms. The highest BCUT2D eigenvalue weighted by molar-refractivity contribution is 5.94. The maximum atomic E-state index is 12.7. The molecule has 0 saturated carbocycles. The number of amides is 1. The van der Waals surface area contributed by atoms with Gasteiger partial charge in [-0.25, -0.2) is 4.39 Å². The normalized spacial score (nSPS) is 23.6. The summed E-state index contributed by atoms with van der Waals surface area (Å²) >= 11 is 0. The zero-order valence-corrected chi connectivity index (χ0v) is 9.57. The molecule has 1 aliphatic rings. The minimum atomic E-state index is -0.348. The molecular formula is C12H15FN2O2. The van der Waals surface area contributed by atoms with E-state index in [0.717, 1.165) is 6.54 Å². The van der Waals surface area contributed by atoms with Gasteiger partial charge < -0.3 is 15.4 Å². The van der Waals surface area contributed by atoms with Gasteiger partial charge in [0.15, 0.2) is 0 Å². The summed E-state index contributed by atoms with van der Waals surface area (Å²) in [5.41, 5.74) is 0.452. The Balaban J connectivity index is 1.99. The van der Waals surface area contributed by atoms with E-state index in [-0.39, 0.29) is 23.9 Å². The van der Waals surface area contributed by atoms with Crippen molar-refractivity contribution in [1.82, 2.24) is 10.6 Å². The van der Waals surface area contributed by atoms with Crippen LogP contribution in [0, 0.1) is 5.82 Å². The molecule has 2 N–H and O–H groups in total. The van der Waals surface area contributed by atoms with Gasteiger partial charge >= 0.3 is 0 Å². The summed E-state index contributed by atoms with van der Waals surface area (Å²) in [4.78, 5) is 11.9. The second-order valence-corrected chi connectivity index (χ2v) is 4.02. The van der Waals surface area contributed by atoms with Gasteiger partial charge in [-0.2, -0.15) is 0 Å². The van der Waals surface area contributed by atoms with E-state index in [9.17, 15) is 9.18 Å². The van der Waals surface area contributed by atoms with Crippen LogP contribution in [0.2, 0.25) is 0 Å². The Bertz CT molecular complexity index is 394. The number of methoxy groups -OCH3 is 1. The first-order valence-electron chi connectivity index (χ1n) is 5.50. The van der Waals surface area contributed by atoms with Crippen molar-refractivity contribution in [3.8, 4) is 0 Å². The number of rotatable bonds is 3. The molecule has 4 nitrogen and oxygen atoms in total. The molecule has 1 amide bonds. The van der Waals surface area contributed by atoms with E-state index in [1.165, 1.54) is 24.3 Å². The van der Waals surface area contributed by atoms with Crippen molar-refractivity contribution in [1.29, 1.82) is 0 Å². The van der Waals surface area contributed by atoms with Gasteiger partial charge in [-0.05, 0) is 24.3 Å². The zero-order chi connectivity index (χ0) is 12.3. The Morgan fingerprint density at radius 2 is 2.12 bits per heavy atom. The lowest BCUT2D eigenvalue weighted by Crippen LogP contribution is -2.43. The maximum absolute atomic E-state index is 12.7. The molecule has 0 aromatic heterocycles. The second-order valence-electron chi connectivity index (χ2n) is 4.02.